The van der Waals surface area contributed by atoms with E-state index in [1.165, 1.54) is 30.3 Å². The number of benzene rings is 4. The molecule has 19 heteroatoms. The molecular weight excluding hydrogens is 930 g/mol. The number of carbonyl (C=O) groups excluding carboxylic acids is 7. The largest absolute Gasteiger partial charge is 0.493 e. The summed E-state index contributed by atoms with van der Waals surface area (Å²) >= 11 is 0. The predicted molar refractivity (Wildman–Crippen MR) is 251 cm³/mol. The van der Waals surface area contributed by atoms with Crippen LogP contribution >= 0.6 is 0 Å². The SMILES string of the molecule is CCCCCC(C(=O)NCNC(=O)c1ccc(-c2ccc(C(=O)NC(CC(=O)OCc3ccccc3)C(=O)OCc3ccccc3)c(OCC)c2)o1)[C@@H](CC)N(C=O)OC(=O)c1ccc(C(F)(F)F)cc1. The Kier molecular flexibility index (Phi) is 20.3. The molecule has 5 aromatic rings. The van der Waals surface area contributed by atoms with Crippen molar-refractivity contribution in [3.05, 3.63) is 149 Å². The maximum Gasteiger partial charge on any atom is 0.416 e. The summed E-state index contributed by atoms with van der Waals surface area (Å²) < 4.78 is 61.7. The number of halogens is 3. The lowest BCUT2D eigenvalue weighted by Gasteiger charge is -2.31. The highest BCUT2D eigenvalue weighted by Crippen LogP contribution is 2.31. The van der Waals surface area contributed by atoms with E-state index < -0.39 is 71.8 Å². The molecule has 0 saturated carbocycles. The first-order chi connectivity index (χ1) is 34.1. The fourth-order valence-electron chi connectivity index (χ4n) is 7.27. The van der Waals surface area contributed by atoms with Gasteiger partial charge in [-0.1, -0.05) is 99.8 Å². The molecule has 1 heterocycles. The van der Waals surface area contributed by atoms with Crippen LogP contribution in [0.1, 0.15) is 107 Å². The molecule has 0 spiro atoms. The minimum absolute atomic E-state index is 0.0151. The van der Waals surface area contributed by atoms with E-state index >= 15 is 0 Å². The quantitative estimate of drug-likeness (QED) is 0.0157. The minimum atomic E-state index is -4.63. The average Bonchev–Trinajstić information content (AvgIpc) is 3.88. The number of esters is 2. The van der Waals surface area contributed by atoms with Gasteiger partial charge in [-0.15, -0.1) is 0 Å². The molecule has 5 rings (SSSR count). The number of hydrogen-bond acceptors (Lipinski definition) is 12. The second kappa shape index (κ2) is 26.7. The molecule has 4 amide bonds. The third-order valence-electron chi connectivity index (χ3n) is 11.0. The van der Waals surface area contributed by atoms with Gasteiger partial charge in [-0.2, -0.15) is 18.2 Å². The summed E-state index contributed by atoms with van der Waals surface area (Å²) in [6.07, 6.45) is -2.39. The van der Waals surface area contributed by atoms with Crippen LogP contribution in [0.5, 0.6) is 5.75 Å². The molecule has 0 bridgehead atoms. The molecule has 71 heavy (non-hydrogen) atoms. The van der Waals surface area contributed by atoms with E-state index in [4.69, 9.17) is 23.5 Å². The van der Waals surface area contributed by atoms with Crippen molar-refractivity contribution in [1.82, 2.24) is 21.0 Å². The number of nitrogens with zero attached hydrogens (tertiary/aromatic N) is 1. The van der Waals surface area contributed by atoms with Crippen molar-refractivity contribution in [3.8, 4) is 17.1 Å². The Balaban J connectivity index is 1.23. The third-order valence-corrected chi connectivity index (χ3v) is 11.0. The summed E-state index contributed by atoms with van der Waals surface area (Å²) in [4.78, 5) is 97.4. The molecular formula is C52H55F3N4O12. The standard InChI is InChI=1S/C52H55F3N4O12/c1-4-7-10-19-39(42(5-2)59(33-60)71-50(65)36-20-23-38(24-21-36)52(53,54)55)47(62)56-32-57-49(64)44-27-26-43(70-44)37-22-25-40(45(28-37)67-6-3)48(63)58-41(51(66)69-31-35-17-13-9-14-18-35)29-46(61)68-30-34-15-11-8-12-16-34/h8-9,11-18,20-28,33,39,41-42H,4-7,10,19,29-32H2,1-3H3,(H,56,62)(H,57,64)(H,58,63)/t39?,41?,42-/m1/s1. The zero-order chi connectivity index (χ0) is 51.3. The number of nitrogens with one attached hydrogen (secondary N) is 3. The fraction of sp³-hybridized carbons (Fsp3) is 0.327. The molecule has 1 aromatic heterocycles. The number of amides is 4. The van der Waals surface area contributed by atoms with Crippen LogP contribution in [-0.2, 0) is 52.9 Å². The van der Waals surface area contributed by atoms with Crippen LogP contribution in [0.2, 0.25) is 0 Å². The van der Waals surface area contributed by atoms with E-state index in [1.54, 1.807) is 68.4 Å². The predicted octanol–water partition coefficient (Wildman–Crippen LogP) is 8.35. The summed E-state index contributed by atoms with van der Waals surface area (Å²) in [5.74, 6) is -5.52. The normalized spacial score (nSPS) is 12.3. The Morgan fingerprint density at radius 1 is 0.761 bits per heavy atom. The Morgan fingerprint density at radius 2 is 1.42 bits per heavy atom. The van der Waals surface area contributed by atoms with E-state index in [9.17, 15) is 46.7 Å². The monoisotopic (exact) mass is 984 g/mol. The summed E-state index contributed by atoms with van der Waals surface area (Å²) in [5, 5.41) is 8.46. The fourth-order valence-corrected chi connectivity index (χ4v) is 7.27. The van der Waals surface area contributed by atoms with Crippen LogP contribution in [0.3, 0.4) is 0 Å². The number of hydrogen-bond donors (Lipinski definition) is 3. The first-order valence-corrected chi connectivity index (χ1v) is 22.9. The molecule has 0 saturated heterocycles. The Hall–Kier alpha value is -7.96. The van der Waals surface area contributed by atoms with Gasteiger partial charge in [0.1, 0.15) is 30.8 Å². The Bertz CT molecular complexity index is 2570. The second-order valence-corrected chi connectivity index (χ2v) is 16.0. The van der Waals surface area contributed by atoms with E-state index in [0.29, 0.717) is 34.7 Å². The maximum absolute atomic E-state index is 13.8. The molecule has 3 N–H and O–H groups in total. The van der Waals surface area contributed by atoms with Gasteiger partial charge in [0.05, 0.1) is 48.3 Å². The lowest BCUT2D eigenvalue weighted by atomic mass is 9.90. The zero-order valence-corrected chi connectivity index (χ0v) is 39.3. The number of furan rings is 1. The number of ether oxygens (including phenoxy) is 3. The van der Waals surface area contributed by atoms with E-state index in [-0.39, 0.29) is 74.1 Å². The van der Waals surface area contributed by atoms with Gasteiger partial charge < -0.3 is 39.4 Å². The topological polar surface area (TPSA) is 209 Å². The first-order valence-electron chi connectivity index (χ1n) is 22.9. The van der Waals surface area contributed by atoms with Gasteiger partial charge in [-0.3, -0.25) is 24.0 Å². The zero-order valence-electron chi connectivity index (χ0n) is 39.3. The summed E-state index contributed by atoms with van der Waals surface area (Å²) in [5.41, 5.74) is 0.618. The number of alkyl halides is 3. The molecule has 0 aliphatic rings. The van der Waals surface area contributed by atoms with Crippen LogP contribution in [-0.4, -0.2) is 72.5 Å². The smallest absolute Gasteiger partial charge is 0.416 e. The van der Waals surface area contributed by atoms with Crippen molar-refractivity contribution in [2.75, 3.05) is 13.3 Å². The molecule has 0 aliphatic heterocycles. The second-order valence-electron chi connectivity index (χ2n) is 16.0. The van der Waals surface area contributed by atoms with Crippen LogP contribution in [0.15, 0.2) is 120 Å². The van der Waals surface area contributed by atoms with Crippen LogP contribution in [0.4, 0.5) is 13.2 Å². The van der Waals surface area contributed by atoms with Crippen molar-refractivity contribution in [2.24, 2.45) is 5.92 Å². The van der Waals surface area contributed by atoms with Gasteiger partial charge in [-0.25, -0.2) is 9.59 Å². The van der Waals surface area contributed by atoms with Gasteiger partial charge >= 0.3 is 24.1 Å². The number of unbranched alkanes of at least 4 members (excludes halogenated alkanes) is 2. The number of hydroxylamine groups is 2. The lowest BCUT2D eigenvalue weighted by molar-refractivity contribution is -0.171. The number of rotatable bonds is 26. The van der Waals surface area contributed by atoms with Crippen molar-refractivity contribution >= 4 is 42.0 Å². The van der Waals surface area contributed by atoms with Crippen molar-refractivity contribution in [1.29, 1.82) is 0 Å². The van der Waals surface area contributed by atoms with Crippen molar-refractivity contribution < 1.29 is 70.2 Å². The summed E-state index contributed by atoms with van der Waals surface area (Å²) in [7, 11) is 0. The van der Waals surface area contributed by atoms with E-state index in [2.05, 4.69) is 16.0 Å². The Morgan fingerprint density at radius 3 is 2.03 bits per heavy atom. The van der Waals surface area contributed by atoms with Crippen molar-refractivity contribution in [3.63, 3.8) is 0 Å². The lowest BCUT2D eigenvalue weighted by Crippen LogP contribution is -2.49. The van der Waals surface area contributed by atoms with E-state index in [1.807, 2.05) is 13.0 Å². The molecule has 3 atom stereocenters. The van der Waals surface area contributed by atoms with Crippen LogP contribution < -0.4 is 20.7 Å². The highest BCUT2D eigenvalue weighted by molar-refractivity contribution is 6.00. The molecule has 4 aromatic carbocycles. The summed E-state index contributed by atoms with van der Waals surface area (Å²) in [6, 6.07) is 26.0. The molecule has 0 fully saturated rings. The first kappa shape index (κ1) is 54.0. The minimum Gasteiger partial charge on any atom is -0.493 e. The number of carbonyl (C=O) groups is 7. The molecule has 0 aliphatic carbocycles. The van der Waals surface area contributed by atoms with Gasteiger partial charge in [-0.05, 0) is 79.4 Å². The molecule has 376 valence electrons. The van der Waals surface area contributed by atoms with Crippen LogP contribution in [0.25, 0.3) is 11.3 Å². The van der Waals surface area contributed by atoms with E-state index in [0.717, 1.165) is 30.5 Å². The maximum atomic E-state index is 13.8. The van der Waals surface area contributed by atoms with Gasteiger partial charge in [0.15, 0.2) is 5.76 Å². The van der Waals surface area contributed by atoms with Gasteiger partial charge in [0.25, 0.3) is 11.8 Å². The molecule has 2 unspecified atom stereocenters. The molecule has 16 nitrogen and oxygen atoms in total. The van der Waals surface area contributed by atoms with Gasteiger partial charge in [0, 0.05) is 5.56 Å². The summed E-state index contributed by atoms with van der Waals surface area (Å²) in [6.45, 7) is 4.93. The highest BCUT2D eigenvalue weighted by atomic mass is 19.4. The van der Waals surface area contributed by atoms with Gasteiger partial charge in [0.2, 0.25) is 12.3 Å². The third kappa shape index (κ3) is 16.1. The average molecular weight is 985 g/mol. The molecule has 0 radical (unpaired) electrons. The highest BCUT2D eigenvalue weighted by Gasteiger charge is 2.35. The van der Waals surface area contributed by atoms with Crippen molar-refractivity contribution in [2.45, 2.75) is 90.8 Å². The van der Waals surface area contributed by atoms with Crippen LogP contribution in [0, 0.1) is 5.92 Å². The Labute approximate surface area is 408 Å².